The summed E-state index contributed by atoms with van der Waals surface area (Å²) in [6, 6.07) is 7.39. The van der Waals surface area contributed by atoms with Crippen LogP contribution in [0.15, 0.2) is 41.4 Å². The first-order chi connectivity index (χ1) is 11.7. The number of rotatable bonds is 4. The molecule has 130 valence electrons. The minimum Gasteiger partial charge on any atom is -0.481 e. The zero-order valence-corrected chi connectivity index (χ0v) is 15.2. The van der Waals surface area contributed by atoms with E-state index in [9.17, 15) is 13.2 Å². The highest BCUT2D eigenvalue weighted by Gasteiger charge is 2.28. The van der Waals surface area contributed by atoms with Crippen molar-refractivity contribution in [3.8, 4) is 0 Å². The topological polar surface area (TPSA) is 89.3 Å². The summed E-state index contributed by atoms with van der Waals surface area (Å²) in [6.07, 6.45) is 1.12. The van der Waals surface area contributed by atoms with Crippen LogP contribution in [-0.2, 0) is 21.2 Å². The van der Waals surface area contributed by atoms with Crippen molar-refractivity contribution >= 4 is 50.2 Å². The fourth-order valence-corrected chi connectivity index (χ4v) is 4.99. The number of carbonyl (C=O) groups is 1. The number of fused-ring (bicyclic) bond motifs is 1. The van der Waals surface area contributed by atoms with Crippen LogP contribution >= 0.6 is 23.2 Å². The Kier molecular flexibility index (Phi) is 4.49. The molecule has 1 aromatic carbocycles. The molecule has 0 spiro atoms. The van der Waals surface area contributed by atoms with Crippen molar-refractivity contribution in [3.63, 3.8) is 0 Å². The van der Waals surface area contributed by atoms with Gasteiger partial charge in [0.2, 0.25) is 0 Å². The van der Waals surface area contributed by atoms with Gasteiger partial charge in [0.25, 0.3) is 10.0 Å². The van der Waals surface area contributed by atoms with Gasteiger partial charge < -0.3 is 5.11 Å². The van der Waals surface area contributed by atoms with Crippen molar-refractivity contribution in [1.29, 1.82) is 0 Å². The van der Waals surface area contributed by atoms with Crippen molar-refractivity contribution < 1.29 is 18.3 Å². The maximum absolute atomic E-state index is 13.2. The Hall–Kier alpha value is -2.09. The number of hydrogen-bond acceptors (Lipinski definition) is 4. The van der Waals surface area contributed by atoms with Crippen LogP contribution < -0.4 is 0 Å². The van der Waals surface area contributed by atoms with E-state index in [0.29, 0.717) is 10.9 Å². The molecule has 0 fully saturated rings. The summed E-state index contributed by atoms with van der Waals surface area (Å²) in [5.41, 5.74) is 0.803. The highest BCUT2D eigenvalue weighted by Crippen LogP contribution is 2.32. The summed E-state index contributed by atoms with van der Waals surface area (Å²) < 4.78 is 27.4. The number of carboxylic acids is 1. The van der Waals surface area contributed by atoms with Crippen LogP contribution in [0.4, 0.5) is 0 Å². The standard InChI is InChI=1S/C16H12Cl2N2O4S/c1-9-12(8-15(21)22)11-3-2-6-19-16(11)20(9)25(23,24)14-7-10(17)4-5-13(14)18/h2-7H,8H2,1H3,(H,21,22). The fraction of sp³-hybridized carbons (Fsp3) is 0.125. The lowest BCUT2D eigenvalue weighted by atomic mass is 10.1. The van der Waals surface area contributed by atoms with E-state index in [-0.39, 0.29) is 32.7 Å². The van der Waals surface area contributed by atoms with Gasteiger partial charge in [-0.25, -0.2) is 17.4 Å². The van der Waals surface area contributed by atoms with E-state index in [0.717, 1.165) is 3.97 Å². The second-order valence-corrected chi connectivity index (χ2v) is 7.95. The smallest absolute Gasteiger partial charge is 0.307 e. The summed E-state index contributed by atoms with van der Waals surface area (Å²) >= 11 is 12.0. The van der Waals surface area contributed by atoms with Crippen molar-refractivity contribution in [2.75, 3.05) is 0 Å². The van der Waals surface area contributed by atoms with Crippen LogP contribution in [0.3, 0.4) is 0 Å². The Morgan fingerprint density at radius 2 is 2.00 bits per heavy atom. The molecule has 0 saturated heterocycles. The largest absolute Gasteiger partial charge is 0.481 e. The van der Waals surface area contributed by atoms with Gasteiger partial charge in [0.05, 0.1) is 11.4 Å². The Bertz CT molecular complexity index is 1110. The fourth-order valence-electron chi connectivity index (χ4n) is 2.71. The summed E-state index contributed by atoms with van der Waals surface area (Å²) in [7, 11) is -4.12. The monoisotopic (exact) mass is 398 g/mol. The highest BCUT2D eigenvalue weighted by atomic mass is 35.5. The molecule has 0 bridgehead atoms. The number of carboxylic acid groups (broad SMARTS) is 1. The van der Waals surface area contributed by atoms with Gasteiger partial charge in [-0.05, 0) is 42.8 Å². The maximum atomic E-state index is 13.2. The Balaban J connectivity index is 2.37. The van der Waals surface area contributed by atoms with Gasteiger partial charge in [-0.1, -0.05) is 23.2 Å². The average molecular weight is 399 g/mol. The molecule has 6 nitrogen and oxygen atoms in total. The van der Waals surface area contributed by atoms with E-state index in [1.165, 1.54) is 31.3 Å². The van der Waals surface area contributed by atoms with E-state index >= 15 is 0 Å². The van der Waals surface area contributed by atoms with Gasteiger partial charge in [-0.15, -0.1) is 0 Å². The molecule has 2 aromatic heterocycles. The molecule has 25 heavy (non-hydrogen) atoms. The normalized spacial score (nSPS) is 11.8. The summed E-state index contributed by atoms with van der Waals surface area (Å²) in [6.45, 7) is 1.54. The van der Waals surface area contributed by atoms with Gasteiger partial charge in [-0.3, -0.25) is 4.79 Å². The van der Waals surface area contributed by atoms with Crippen molar-refractivity contribution in [1.82, 2.24) is 8.96 Å². The molecule has 3 aromatic rings. The lowest BCUT2D eigenvalue weighted by molar-refractivity contribution is -0.136. The van der Waals surface area contributed by atoms with E-state index in [1.807, 2.05) is 0 Å². The summed E-state index contributed by atoms with van der Waals surface area (Å²) in [5, 5.41) is 9.84. The quantitative estimate of drug-likeness (QED) is 0.725. The maximum Gasteiger partial charge on any atom is 0.307 e. The van der Waals surface area contributed by atoms with Gasteiger partial charge in [0, 0.05) is 22.3 Å². The molecular weight excluding hydrogens is 387 g/mol. The molecule has 0 aliphatic heterocycles. The van der Waals surface area contributed by atoms with E-state index in [1.54, 1.807) is 12.1 Å². The number of nitrogens with zero attached hydrogens (tertiary/aromatic N) is 2. The van der Waals surface area contributed by atoms with Crippen LogP contribution in [-0.4, -0.2) is 28.5 Å². The van der Waals surface area contributed by atoms with E-state index in [2.05, 4.69) is 4.98 Å². The molecule has 9 heteroatoms. The Morgan fingerprint density at radius 1 is 1.28 bits per heavy atom. The predicted molar refractivity (Wildman–Crippen MR) is 94.9 cm³/mol. The van der Waals surface area contributed by atoms with Crippen LogP contribution in [0.5, 0.6) is 0 Å². The molecule has 0 atom stereocenters. The summed E-state index contributed by atoms with van der Waals surface area (Å²) in [4.78, 5) is 15.1. The second kappa shape index (κ2) is 6.33. The van der Waals surface area contributed by atoms with Crippen molar-refractivity contribution in [2.45, 2.75) is 18.2 Å². The number of aromatic nitrogens is 2. The first-order valence-electron chi connectivity index (χ1n) is 7.11. The van der Waals surface area contributed by atoms with Crippen LogP contribution in [0, 0.1) is 6.92 Å². The first-order valence-corrected chi connectivity index (χ1v) is 9.30. The lowest BCUT2D eigenvalue weighted by Crippen LogP contribution is -2.16. The SMILES string of the molecule is Cc1c(CC(=O)O)c2cccnc2n1S(=O)(=O)c1cc(Cl)ccc1Cl. The molecule has 0 radical (unpaired) electrons. The number of benzene rings is 1. The van der Waals surface area contributed by atoms with Crippen LogP contribution in [0.2, 0.25) is 10.0 Å². The zero-order chi connectivity index (χ0) is 18.4. The molecule has 2 heterocycles. The molecule has 0 aliphatic rings. The molecule has 0 saturated carbocycles. The van der Waals surface area contributed by atoms with Crippen molar-refractivity contribution in [3.05, 3.63) is 57.8 Å². The molecule has 0 amide bonds. The highest BCUT2D eigenvalue weighted by molar-refractivity contribution is 7.90. The molecule has 1 N–H and O–H groups in total. The number of hydrogen-bond donors (Lipinski definition) is 1. The van der Waals surface area contributed by atoms with E-state index in [4.69, 9.17) is 28.3 Å². The van der Waals surface area contributed by atoms with Gasteiger partial charge in [-0.2, -0.15) is 0 Å². The minimum atomic E-state index is -4.12. The predicted octanol–water partition coefficient (Wildman–Crippen LogP) is 3.52. The first kappa shape index (κ1) is 17.7. The third kappa shape index (κ3) is 2.99. The average Bonchev–Trinajstić information content (AvgIpc) is 2.82. The lowest BCUT2D eigenvalue weighted by Gasteiger charge is -2.11. The molecule has 3 rings (SSSR count). The van der Waals surface area contributed by atoms with Crippen LogP contribution in [0.1, 0.15) is 11.3 Å². The second-order valence-electron chi connectivity index (χ2n) is 5.35. The number of aliphatic carboxylic acids is 1. The van der Waals surface area contributed by atoms with Gasteiger partial charge in [0.15, 0.2) is 5.65 Å². The third-order valence-electron chi connectivity index (χ3n) is 3.79. The minimum absolute atomic E-state index is 0.0152. The Morgan fingerprint density at radius 3 is 2.68 bits per heavy atom. The van der Waals surface area contributed by atoms with Gasteiger partial charge >= 0.3 is 5.97 Å². The van der Waals surface area contributed by atoms with Crippen molar-refractivity contribution in [2.24, 2.45) is 0 Å². The molecule has 0 aliphatic carbocycles. The summed E-state index contributed by atoms with van der Waals surface area (Å²) in [5.74, 6) is -1.07. The molecular formula is C16H12Cl2N2O4S. The van der Waals surface area contributed by atoms with Gasteiger partial charge in [0.1, 0.15) is 4.90 Å². The molecule has 0 unspecified atom stereocenters. The zero-order valence-electron chi connectivity index (χ0n) is 12.9. The Labute approximate surface area is 153 Å². The van der Waals surface area contributed by atoms with E-state index < -0.39 is 16.0 Å². The van der Waals surface area contributed by atoms with Crippen LogP contribution in [0.25, 0.3) is 11.0 Å². The number of halogens is 2. The third-order valence-corrected chi connectivity index (χ3v) is 6.28. The number of pyridine rings is 1.